The van der Waals surface area contributed by atoms with Crippen LogP contribution in [0.1, 0.15) is 31.9 Å². The third-order valence-corrected chi connectivity index (χ3v) is 5.24. The number of amides is 1. The van der Waals surface area contributed by atoms with Gasteiger partial charge in [0.2, 0.25) is 11.1 Å². The van der Waals surface area contributed by atoms with Crippen LogP contribution in [0.4, 0.5) is 0 Å². The van der Waals surface area contributed by atoms with E-state index < -0.39 is 0 Å². The van der Waals surface area contributed by atoms with E-state index in [-0.39, 0.29) is 11.4 Å². The van der Waals surface area contributed by atoms with Crippen LogP contribution in [0.2, 0.25) is 0 Å². The Balaban J connectivity index is 1.66. The van der Waals surface area contributed by atoms with Gasteiger partial charge in [-0.1, -0.05) is 72.4 Å². The summed E-state index contributed by atoms with van der Waals surface area (Å²) in [4.78, 5) is 14.9. The molecular weight excluding hydrogens is 370 g/mol. The van der Waals surface area contributed by atoms with E-state index in [1.165, 1.54) is 11.8 Å². The van der Waals surface area contributed by atoms with Gasteiger partial charge in [-0.05, 0) is 42.3 Å². The molecule has 0 atom stereocenters. The van der Waals surface area contributed by atoms with Crippen molar-refractivity contribution >= 4 is 17.7 Å². The third kappa shape index (κ3) is 5.42. The lowest BCUT2D eigenvalue weighted by Gasteiger charge is -2.36. The van der Waals surface area contributed by atoms with Crippen molar-refractivity contribution in [3.63, 3.8) is 0 Å². The lowest BCUT2D eigenvalue weighted by molar-refractivity contribution is -0.133. The number of tetrazole rings is 1. The van der Waals surface area contributed by atoms with Gasteiger partial charge in [-0.3, -0.25) is 4.79 Å². The number of nitrogens with zero attached hydrogens (tertiary/aromatic N) is 5. The van der Waals surface area contributed by atoms with Gasteiger partial charge in [-0.15, -0.1) is 5.10 Å². The van der Waals surface area contributed by atoms with E-state index in [0.717, 1.165) is 11.1 Å². The first-order chi connectivity index (χ1) is 13.4. The lowest BCUT2D eigenvalue weighted by Crippen LogP contribution is -2.45. The van der Waals surface area contributed by atoms with Gasteiger partial charge in [-0.2, -0.15) is 0 Å². The predicted molar refractivity (Wildman–Crippen MR) is 111 cm³/mol. The molecule has 1 heterocycles. The van der Waals surface area contributed by atoms with Crippen molar-refractivity contribution in [1.29, 1.82) is 0 Å². The number of aromatic nitrogens is 4. The topological polar surface area (TPSA) is 63.9 Å². The molecule has 0 N–H and O–H groups in total. The molecule has 0 unspecified atom stereocenters. The minimum Gasteiger partial charge on any atom is -0.333 e. The van der Waals surface area contributed by atoms with Gasteiger partial charge in [0.25, 0.3) is 0 Å². The molecule has 0 aliphatic heterocycles. The highest BCUT2D eigenvalue weighted by molar-refractivity contribution is 7.99. The zero-order valence-electron chi connectivity index (χ0n) is 16.4. The van der Waals surface area contributed by atoms with Crippen LogP contribution in [0.15, 0.2) is 65.8 Å². The molecular formula is C21H25N5OS. The van der Waals surface area contributed by atoms with Crippen molar-refractivity contribution < 1.29 is 4.79 Å². The number of carbonyl (C=O) groups excluding carboxylic acids is 1. The Morgan fingerprint density at radius 1 is 1.00 bits per heavy atom. The Bertz CT molecular complexity index is 890. The second-order valence-corrected chi connectivity index (χ2v) is 8.47. The van der Waals surface area contributed by atoms with Crippen molar-refractivity contribution in [1.82, 2.24) is 25.1 Å². The smallest absolute Gasteiger partial charge is 0.233 e. The fraction of sp³-hybridized carbons (Fsp3) is 0.333. The summed E-state index contributed by atoms with van der Waals surface area (Å²) in [5.41, 5.74) is 1.96. The summed E-state index contributed by atoms with van der Waals surface area (Å²) >= 11 is 1.37. The highest BCUT2D eigenvalue weighted by Crippen LogP contribution is 2.22. The van der Waals surface area contributed by atoms with Crippen molar-refractivity contribution in [3.05, 3.63) is 71.8 Å². The minimum atomic E-state index is -0.274. The van der Waals surface area contributed by atoms with E-state index in [2.05, 4.69) is 36.3 Å². The molecule has 6 nitrogen and oxygen atoms in total. The molecule has 0 saturated carbocycles. The van der Waals surface area contributed by atoms with Gasteiger partial charge in [0.15, 0.2) is 0 Å². The van der Waals surface area contributed by atoms with Crippen molar-refractivity contribution in [2.24, 2.45) is 0 Å². The van der Waals surface area contributed by atoms with Crippen LogP contribution >= 0.6 is 11.8 Å². The number of hydrogen-bond acceptors (Lipinski definition) is 5. The molecule has 2 aromatic carbocycles. The first-order valence-corrected chi connectivity index (χ1v) is 10.2. The fourth-order valence-corrected chi connectivity index (χ4v) is 3.58. The maximum absolute atomic E-state index is 13.0. The van der Waals surface area contributed by atoms with Gasteiger partial charge in [0.1, 0.15) is 0 Å². The second-order valence-electron chi connectivity index (χ2n) is 7.53. The molecule has 0 fully saturated rings. The summed E-state index contributed by atoms with van der Waals surface area (Å²) in [6.45, 7) is 7.32. The van der Waals surface area contributed by atoms with E-state index in [1.807, 2.05) is 65.6 Å². The van der Waals surface area contributed by atoms with E-state index in [0.29, 0.717) is 24.0 Å². The standard InChI is InChI=1S/C21H25N5OS/c1-21(2,3)25(14-17-10-6-4-7-11-17)19(27)16-28-20-22-23-24-26(20)15-18-12-8-5-9-13-18/h4-13H,14-16H2,1-3H3. The van der Waals surface area contributed by atoms with Gasteiger partial charge in [0.05, 0.1) is 12.3 Å². The van der Waals surface area contributed by atoms with E-state index in [1.54, 1.807) is 4.68 Å². The van der Waals surface area contributed by atoms with Crippen molar-refractivity contribution in [3.8, 4) is 0 Å². The van der Waals surface area contributed by atoms with Crippen LogP contribution in [0, 0.1) is 0 Å². The highest BCUT2D eigenvalue weighted by atomic mass is 32.2. The first-order valence-electron chi connectivity index (χ1n) is 9.21. The molecule has 146 valence electrons. The average molecular weight is 396 g/mol. The molecule has 7 heteroatoms. The SMILES string of the molecule is CC(C)(C)N(Cc1ccccc1)C(=O)CSc1nnnn1Cc1ccccc1. The van der Waals surface area contributed by atoms with E-state index in [9.17, 15) is 4.79 Å². The molecule has 0 radical (unpaired) electrons. The van der Waals surface area contributed by atoms with Crippen LogP contribution < -0.4 is 0 Å². The number of carbonyl (C=O) groups is 1. The van der Waals surface area contributed by atoms with Crippen LogP contribution in [0.3, 0.4) is 0 Å². The summed E-state index contributed by atoms with van der Waals surface area (Å²) in [5.74, 6) is 0.356. The molecule has 0 saturated heterocycles. The normalized spacial score (nSPS) is 11.4. The molecule has 0 aliphatic rings. The maximum Gasteiger partial charge on any atom is 0.233 e. The monoisotopic (exact) mass is 395 g/mol. The molecule has 28 heavy (non-hydrogen) atoms. The van der Waals surface area contributed by atoms with Crippen LogP contribution in [0.5, 0.6) is 0 Å². The fourth-order valence-electron chi connectivity index (χ4n) is 2.83. The minimum absolute atomic E-state index is 0.0654. The zero-order valence-corrected chi connectivity index (χ0v) is 17.3. The van der Waals surface area contributed by atoms with Crippen molar-refractivity contribution in [2.75, 3.05) is 5.75 Å². The van der Waals surface area contributed by atoms with E-state index in [4.69, 9.17) is 0 Å². The summed E-state index contributed by atoms with van der Waals surface area (Å²) < 4.78 is 1.73. The van der Waals surface area contributed by atoms with Crippen LogP contribution in [-0.4, -0.2) is 42.3 Å². The second kappa shape index (κ2) is 9.01. The van der Waals surface area contributed by atoms with Crippen molar-refractivity contribution in [2.45, 2.75) is 44.6 Å². The Hall–Kier alpha value is -2.67. The molecule has 3 rings (SSSR count). The Morgan fingerprint density at radius 2 is 1.61 bits per heavy atom. The third-order valence-electron chi connectivity index (χ3n) is 4.29. The summed E-state index contributed by atoms with van der Waals surface area (Å²) in [5, 5.41) is 12.6. The summed E-state index contributed by atoms with van der Waals surface area (Å²) in [6.07, 6.45) is 0. The largest absolute Gasteiger partial charge is 0.333 e. The van der Waals surface area contributed by atoms with Crippen LogP contribution in [0.25, 0.3) is 0 Å². The molecule has 0 spiro atoms. The quantitative estimate of drug-likeness (QED) is 0.572. The lowest BCUT2D eigenvalue weighted by atomic mass is 10.0. The zero-order chi connectivity index (χ0) is 20.0. The predicted octanol–water partition coefficient (Wildman–Crippen LogP) is 3.64. The van der Waals surface area contributed by atoms with Crippen LogP contribution in [-0.2, 0) is 17.9 Å². The summed E-state index contributed by atoms with van der Waals surface area (Å²) in [7, 11) is 0. The van der Waals surface area contributed by atoms with E-state index >= 15 is 0 Å². The number of hydrogen-bond donors (Lipinski definition) is 0. The Labute approximate surface area is 169 Å². The number of benzene rings is 2. The molecule has 0 bridgehead atoms. The molecule has 1 amide bonds. The average Bonchev–Trinajstić information content (AvgIpc) is 3.12. The number of thioether (sulfide) groups is 1. The Morgan fingerprint density at radius 3 is 2.21 bits per heavy atom. The first kappa shape index (κ1) is 20.1. The van der Waals surface area contributed by atoms with Gasteiger partial charge in [0, 0.05) is 12.1 Å². The van der Waals surface area contributed by atoms with Gasteiger partial charge < -0.3 is 4.90 Å². The summed E-state index contributed by atoms with van der Waals surface area (Å²) in [6, 6.07) is 20.1. The number of rotatable bonds is 7. The molecule has 1 aromatic heterocycles. The van der Waals surface area contributed by atoms with Gasteiger partial charge in [-0.25, -0.2) is 4.68 Å². The maximum atomic E-state index is 13.0. The highest BCUT2D eigenvalue weighted by Gasteiger charge is 2.27. The van der Waals surface area contributed by atoms with Gasteiger partial charge >= 0.3 is 0 Å². The Kier molecular flexibility index (Phi) is 6.46. The molecule has 3 aromatic rings. The molecule has 0 aliphatic carbocycles.